The normalized spacial score (nSPS) is 17.3. The van der Waals surface area contributed by atoms with Crippen LogP contribution in [-0.2, 0) is 32.7 Å². The maximum absolute atomic E-state index is 13.8. The largest absolute Gasteiger partial charge is 0.293 e. The Morgan fingerprint density at radius 2 is 1.71 bits per heavy atom. The number of nitrogens with zero attached hydrogens (tertiary/aromatic N) is 1. The first-order valence-corrected chi connectivity index (χ1v) is 14.1. The average Bonchev–Trinajstić information content (AvgIpc) is 3.25. The lowest BCUT2D eigenvalue weighted by Crippen LogP contribution is -2.41. The number of nitrogens with one attached hydrogen (secondary N) is 1. The summed E-state index contributed by atoms with van der Waals surface area (Å²) in [4.78, 5) is 27.7. The number of aryl methyl sites for hydroxylation is 3. The van der Waals surface area contributed by atoms with Crippen molar-refractivity contribution < 1.29 is 18.0 Å². The van der Waals surface area contributed by atoms with E-state index in [-0.39, 0.29) is 11.3 Å². The smallest absolute Gasteiger partial charge is 0.267 e. The molecular weight excluding hydrogens is 496 g/mol. The van der Waals surface area contributed by atoms with E-state index in [4.69, 9.17) is 0 Å². The molecule has 0 aromatic heterocycles. The minimum Gasteiger partial charge on any atom is -0.293 e. The van der Waals surface area contributed by atoms with Gasteiger partial charge in [0.1, 0.15) is 10.9 Å². The van der Waals surface area contributed by atoms with Gasteiger partial charge in [-0.15, -0.1) is 0 Å². The lowest BCUT2D eigenvalue weighted by molar-refractivity contribution is -0.124. The third kappa shape index (κ3) is 4.87. The molecule has 1 heterocycles. The fourth-order valence-electron chi connectivity index (χ4n) is 5.54. The zero-order chi connectivity index (χ0) is 27.0. The summed E-state index contributed by atoms with van der Waals surface area (Å²) in [5.74, 6) is -1.20. The van der Waals surface area contributed by atoms with Crippen molar-refractivity contribution >= 4 is 21.7 Å². The molecule has 3 aromatic carbocycles. The lowest BCUT2D eigenvalue weighted by atomic mass is 9.95. The minimum atomic E-state index is -4.32. The van der Waals surface area contributed by atoms with Crippen molar-refractivity contribution in [1.82, 2.24) is 9.62 Å². The predicted molar refractivity (Wildman–Crippen MR) is 148 cm³/mol. The molecule has 1 aliphatic heterocycles. The van der Waals surface area contributed by atoms with Crippen LogP contribution in [-0.4, -0.2) is 25.0 Å². The van der Waals surface area contributed by atoms with Crippen molar-refractivity contribution in [2.45, 2.75) is 46.3 Å². The maximum atomic E-state index is 13.8. The number of amides is 1. The molecule has 0 bridgehead atoms. The van der Waals surface area contributed by atoms with Crippen LogP contribution in [0.1, 0.15) is 45.8 Å². The SMILES string of the molecule is Cc1cc(C)c(CN2Cc3c(-c4ccccc4)cccc3C2C(=O)NS(=O)(=O)C2=CC=CCC2=O)c(C)c1. The Hall–Kier alpha value is -3.81. The molecule has 0 radical (unpaired) electrons. The number of carbonyl (C=O) groups excluding carboxylic acids is 2. The fourth-order valence-corrected chi connectivity index (χ4v) is 6.67. The van der Waals surface area contributed by atoms with Gasteiger partial charge in [0.2, 0.25) is 0 Å². The van der Waals surface area contributed by atoms with Crippen LogP contribution in [0.5, 0.6) is 0 Å². The van der Waals surface area contributed by atoms with E-state index in [1.54, 1.807) is 6.08 Å². The van der Waals surface area contributed by atoms with Gasteiger partial charge in [0.25, 0.3) is 15.9 Å². The standard InChI is InChI=1S/C31H30N2O4S/c1-20-16-21(2)26(22(3)17-20)18-33-19-27-24(23-10-5-4-6-11-23)12-9-13-25(27)30(33)31(35)32-38(36,37)29-15-8-7-14-28(29)34/h4-13,15-17,30H,14,18-19H2,1-3H3,(H,32,35). The second-order valence-corrected chi connectivity index (χ2v) is 11.6. The van der Waals surface area contributed by atoms with Crippen molar-refractivity contribution in [2.75, 3.05) is 0 Å². The van der Waals surface area contributed by atoms with Crippen LogP contribution in [0, 0.1) is 20.8 Å². The summed E-state index contributed by atoms with van der Waals surface area (Å²) in [7, 11) is -4.32. The number of hydrogen-bond donors (Lipinski definition) is 1. The Labute approximate surface area is 223 Å². The highest BCUT2D eigenvalue weighted by molar-refractivity contribution is 7.94. The molecule has 38 heavy (non-hydrogen) atoms. The summed E-state index contributed by atoms with van der Waals surface area (Å²) < 4.78 is 28.4. The Morgan fingerprint density at radius 3 is 2.39 bits per heavy atom. The van der Waals surface area contributed by atoms with E-state index in [2.05, 4.69) is 37.6 Å². The predicted octanol–water partition coefficient (Wildman–Crippen LogP) is 5.19. The quantitative estimate of drug-likeness (QED) is 0.478. The second-order valence-electron chi connectivity index (χ2n) is 9.98. The van der Waals surface area contributed by atoms with Crippen LogP contribution in [0.3, 0.4) is 0 Å². The van der Waals surface area contributed by atoms with Crippen molar-refractivity contribution in [3.63, 3.8) is 0 Å². The van der Waals surface area contributed by atoms with Crippen LogP contribution in [0.2, 0.25) is 0 Å². The van der Waals surface area contributed by atoms with Gasteiger partial charge >= 0.3 is 0 Å². The van der Waals surface area contributed by atoms with E-state index in [0.717, 1.165) is 38.9 Å². The first-order valence-electron chi connectivity index (χ1n) is 12.6. The van der Waals surface area contributed by atoms with Crippen molar-refractivity contribution in [3.8, 4) is 11.1 Å². The zero-order valence-corrected chi connectivity index (χ0v) is 22.5. The Morgan fingerprint density at radius 1 is 1.00 bits per heavy atom. The van der Waals surface area contributed by atoms with Gasteiger partial charge in [-0.25, -0.2) is 13.1 Å². The molecule has 194 valence electrons. The number of rotatable bonds is 6. The molecule has 5 rings (SSSR count). The topological polar surface area (TPSA) is 83.6 Å². The summed E-state index contributed by atoms with van der Waals surface area (Å²) in [6.07, 6.45) is 4.35. The van der Waals surface area contributed by atoms with Crippen molar-refractivity contribution in [2.24, 2.45) is 0 Å². The molecule has 1 N–H and O–H groups in total. The van der Waals surface area contributed by atoms with Crippen LogP contribution in [0.25, 0.3) is 11.1 Å². The molecule has 1 aliphatic carbocycles. The van der Waals surface area contributed by atoms with E-state index in [1.165, 1.54) is 17.7 Å². The maximum Gasteiger partial charge on any atom is 0.267 e. The minimum absolute atomic E-state index is 0.00820. The third-order valence-corrected chi connectivity index (χ3v) is 8.67. The number of allylic oxidation sites excluding steroid dienone is 4. The highest BCUT2D eigenvalue weighted by Gasteiger charge is 2.39. The third-order valence-electron chi connectivity index (χ3n) is 7.25. The molecule has 0 spiro atoms. The van der Waals surface area contributed by atoms with E-state index in [0.29, 0.717) is 13.1 Å². The summed E-state index contributed by atoms with van der Waals surface area (Å²) in [5.41, 5.74) is 8.33. The highest BCUT2D eigenvalue weighted by Crippen LogP contribution is 2.41. The summed E-state index contributed by atoms with van der Waals surface area (Å²) in [5, 5.41) is 0. The molecule has 0 fully saturated rings. The Balaban J connectivity index is 1.56. The second kappa shape index (κ2) is 10.2. The number of benzene rings is 3. The number of fused-ring (bicyclic) bond motifs is 1. The van der Waals surface area contributed by atoms with E-state index < -0.39 is 27.8 Å². The average molecular weight is 527 g/mol. The summed E-state index contributed by atoms with van der Waals surface area (Å²) in [6, 6.07) is 19.2. The molecular formula is C31H30N2O4S. The molecule has 1 amide bonds. The van der Waals surface area contributed by atoms with Crippen LogP contribution < -0.4 is 4.72 Å². The first kappa shape index (κ1) is 25.8. The zero-order valence-electron chi connectivity index (χ0n) is 21.7. The molecule has 6 nitrogen and oxygen atoms in total. The Bertz CT molecular complexity index is 1580. The van der Waals surface area contributed by atoms with Crippen LogP contribution >= 0.6 is 0 Å². The van der Waals surface area contributed by atoms with Gasteiger partial charge < -0.3 is 0 Å². The molecule has 0 saturated heterocycles. The molecule has 1 unspecified atom stereocenters. The van der Waals surface area contributed by atoms with E-state index >= 15 is 0 Å². The molecule has 3 aromatic rings. The number of Topliss-reactive ketones (excluding diaryl/α,β-unsaturated/α-hetero) is 1. The van der Waals surface area contributed by atoms with E-state index in [9.17, 15) is 18.0 Å². The monoisotopic (exact) mass is 526 g/mol. The number of carbonyl (C=O) groups is 2. The van der Waals surface area contributed by atoms with Crippen molar-refractivity contribution in [1.29, 1.82) is 0 Å². The van der Waals surface area contributed by atoms with Gasteiger partial charge in [-0.3, -0.25) is 14.5 Å². The number of sulfonamides is 1. The molecule has 7 heteroatoms. The van der Waals surface area contributed by atoms with Crippen LogP contribution in [0.4, 0.5) is 0 Å². The van der Waals surface area contributed by atoms with Gasteiger partial charge in [-0.1, -0.05) is 78.4 Å². The summed E-state index contributed by atoms with van der Waals surface area (Å²) in [6.45, 7) is 7.13. The lowest BCUT2D eigenvalue weighted by Gasteiger charge is -2.26. The van der Waals surface area contributed by atoms with Gasteiger partial charge in [-0.2, -0.15) is 0 Å². The van der Waals surface area contributed by atoms with E-state index in [1.807, 2.05) is 53.4 Å². The molecule has 0 saturated carbocycles. The summed E-state index contributed by atoms with van der Waals surface area (Å²) >= 11 is 0. The highest BCUT2D eigenvalue weighted by atomic mass is 32.2. The van der Waals surface area contributed by atoms with Crippen molar-refractivity contribution in [3.05, 3.63) is 117 Å². The fraction of sp³-hybridized carbons (Fsp3) is 0.226. The Kier molecular flexibility index (Phi) is 6.90. The van der Waals surface area contributed by atoms with Crippen LogP contribution in [0.15, 0.2) is 83.8 Å². The van der Waals surface area contributed by atoms with Gasteiger partial charge in [0.05, 0.1) is 0 Å². The molecule has 2 aliphatic rings. The van der Waals surface area contributed by atoms with Gasteiger partial charge in [0.15, 0.2) is 5.78 Å². The first-order chi connectivity index (χ1) is 18.2. The molecule has 1 atom stereocenters. The number of hydrogen-bond acceptors (Lipinski definition) is 5. The number of ketones is 1. The van der Waals surface area contributed by atoms with Gasteiger partial charge in [-0.05, 0) is 65.8 Å². The van der Waals surface area contributed by atoms with Gasteiger partial charge in [0, 0.05) is 19.5 Å².